The molecule has 1 fully saturated rings. The maximum Gasteiger partial charge on any atom is 0.297 e. The highest BCUT2D eigenvalue weighted by Gasteiger charge is 2.22. The summed E-state index contributed by atoms with van der Waals surface area (Å²) in [6.45, 7) is 1.91. The first-order valence-corrected chi connectivity index (χ1v) is 12.7. The zero-order valence-corrected chi connectivity index (χ0v) is 20.6. The molecule has 180 valence electrons. The number of aromatic nitrogens is 3. The van der Waals surface area contributed by atoms with E-state index in [1.807, 2.05) is 54.4 Å². The number of benzene rings is 2. The van der Waals surface area contributed by atoms with Crippen LogP contribution in [0.15, 0.2) is 69.8 Å². The Morgan fingerprint density at radius 1 is 1.03 bits per heavy atom. The van der Waals surface area contributed by atoms with Crippen LogP contribution < -0.4 is 10.4 Å². The number of hydrogen-bond acceptors (Lipinski definition) is 5. The van der Waals surface area contributed by atoms with Gasteiger partial charge in [-0.1, -0.05) is 37.5 Å². The number of thiazole rings is 1. The van der Waals surface area contributed by atoms with Crippen LogP contribution >= 0.6 is 11.3 Å². The lowest BCUT2D eigenvalue weighted by atomic mass is 9.95. The van der Waals surface area contributed by atoms with E-state index >= 15 is 0 Å². The molecule has 0 saturated heterocycles. The van der Waals surface area contributed by atoms with Crippen LogP contribution in [0.2, 0.25) is 0 Å². The second kappa shape index (κ2) is 9.50. The van der Waals surface area contributed by atoms with Crippen LogP contribution in [0.3, 0.4) is 0 Å². The van der Waals surface area contributed by atoms with E-state index < -0.39 is 0 Å². The third-order valence-corrected chi connectivity index (χ3v) is 7.63. The molecule has 1 aliphatic rings. The number of non-ortho nitro benzene ring substituents is 1. The standard InChI is InChI=1S/C26H27N5O3S/c1-18-24(25(32)30(28(18)2)21-11-7-4-8-12-21)27-26-29(20-9-5-3-6-10-20)23(17-35-26)19-13-15-22(16-14-19)31(33)34/h4,7-8,11-17,20H,3,5-6,9-10H2,1-2H3. The van der Waals surface area contributed by atoms with E-state index in [9.17, 15) is 14.9 Å². The average molecular weight is 490 g/mol. The predicted octanol–water partition coefficient (Wildman–Crippen LogP) is 5.66. The van der Waals surface area contributed by atoms with Gasteiger partial charge in [0.2, 0.25) is 0 Å². The Morgan fingerprint density at radius 2 is 1.71 bits per heavy atom. The maximum atomic E-state index is 13.5. The quantitative estimate of drug-likeness (QED) is 0.268. The fourth-order valence-corrected chi connectivity index (χ4v) is 5.81. The number of hydrogen-bond donors (Lipinski definition) is 0. The van der Waals surface area contributed by atoms with E-state index in [1.165, 1.54) is 29.9 Å². The smallest absolute Gasteiger partial charge is 0.297 e. The highest BCUT2D eigenvalue weighted by molar-refractivity contribution is 7.07. The lowest BCUT2D eigenvalue weighted by Crippen LogP contribution is -2.24. The van der Waals surface area contributed by atoms with Gasteiger partial charge in [-0.15, -0.1) is 11.3 Å². The van der Waals surface area contributed by atoms with Gasteiger partial charge in [0.15, 0.2) is 10.5 Å². The van der Waals surface area contributed by atoms with Gasteiger partial charge in [-0.2, -0.15) is 0 Å². The van der Waals surface area contributed by atoms with Crippen molar-refractivity contribution < 1.29 is 4.92 Å². The van der Waals surface area contributed by atoms with Gasteiger partial charge in [0, 0.05) is 30.6 Å². The summed E-state index contributed by atoms with van der Waals surface area (Å²) in [6, 6.07) is 16.5. The Hall–Kier alpha value is -3.72. The minimum atomic E-state index is -0.386. The SMILES string of the molecule is Cc1c(N=c2scc(-c3ccc([N+](=O)[O-])cc3)n2C2CCCCC2)c(=O)n(-c2ccccc2)n1C. The fraction of sp³-hybridized carbons (Fsp3) is 0.308. The largest absolute Gasteiger partial charge is 0.313 e. The fourth-order valence-electron chi connectivity index (χ4n) is 4.84. The minimum Gasteiger partial charge on any atom is -0.313 e. The molecule has 0 bridgehead atoms. The molecule has 2 aromatic heterocycles. The maximum absolute atomic E-state index is 13.5. The van der Waals surface area contributed by atoms with Gasteiger partial charge >= 0.3 is 0 Å². The first-order chi connectivity index (χ1) is 17.0. The molecule has 0 unspecified atom stereocenters. The average Bonchev–Trinajstić information content (AvgIpc) is 3.39. The third kappa shape index (κ3) is 4.27. The summed E-state index contributed by atoms with van der Waals surface area (Å²) in [5.74, 6) is 0. The summed E-state index contributed by atoms with van der Waals surface area (Å²) in [5.41, 5.74) is 3.81. The molecule has 1 saturated carbocycles. The molecule has 0 amide bonds. The summed E-state index contributed by atoms with van der Waals surface area (Å²) in [6.07, 6.45) is 5.62. The minimum absolute atomic E-state index is 0.0690. The lowest BCUT2D eigenvalue weighted by Gasteiger charge is -2.25. The van der Waals surface area contributed by atoms with Crippen LogP contribution in [-0.2, 0) is 7.05 Å². The van der Waals surface area contributed by atoms with E-state index in [1.54, 1.807) is 16.8 Å². The molecule has 35 heavy (non-hydrogen) atoms. The van der Waals surface area contributed by atoms with Crippen molar-refractivity contribution in [2.24, 2.45) is 12.0 Å². The van der Waals surface area contributed by atoms with Gasteiger partial charge in [0.05, 0.1) is 22.0 Å². The van der Waals surface area contributed by atoms with Crippen LogP contribution in [0.4, 0.5) is 11.4 Å². The van der Waals surface area contributed by atoms with Gasteiger partial charge in [-0.25, -0.2) is 9.67 Å². The summed E-state index contributed by atoms with van der Waals surface area (Å²) < 4.78 is 5.72. The van der Waals surface area contributed by atoms with Gasteiger partial charge < -0.3 is 4.57 Å². The monoisotopic (exact) mass is 489 g/mol. The zero-order chi connectivity index (χ0) is 24.5. The number of nitro benzene ring substituents is 1. The van der Waals surface area contributed by atoms with Crippen molar-refractivity contribution >= 4 is 22.7 Å². The number of nitro groups is 1. The molecule has 0 aliphatic heterocycles. The molecule has 2 aromatic carbocycles. The lowest BCUT2D eigenvalue weighted by molar-refractivity contribution is -0.384. The molecular weight excluding hydrogens is 462 g/mol. The number of nitrogens with zero attached hydrogens (tertiary/aromatic N) is 5. The van der Waals surface area contributed by atoms with Gasteiger partial charge in [0.25, 0.3) is 11.2 Å². The van der Waals surface area contributed by atoms with Crippen molar-refractivity contribution in [3.8, 4) is 16.9 Å². The normalized spacial score (nSPS) is 15.0. The molecule has 0 spiro atoms. The first kappa shape index (κ1) is 23.0. The summed E-state index contributed by atoms with van der Waals surface area (Å²) >= 11 is 1.50. The van der Waals surface area contributed by atoms with Gasteiger partial charge in [-0.3, -0.25) is 19.6 Å². The van der Waals surface area contributed by atoms with E-state index in [0.29, 0.717) is 5.69 Å². The molecule has 1 aliphatic carbocycles. The predicted molar refractivity (Wildman–Crippen MR) is 137 cm³/mol. The summed E-state index contributed by atoms with van der Waals surface area (Å²) in [4.78, 5) is 29.9. The van der Waals surface area contributed by atoms with Gasteiger partial charge in [0.1, 0.15) is 0 Å². The molecule has 0 radical (unpaired) electrons. The number of rotatable bonds is 5. The molecule has 2 heterocycles. The highest BCUT2D eigenvalue weighted by atomic mass is 32.1. The van der Waals surface area contributed by atoms with Crippen LogP contribution in [0.5, 0.6) is 0 Å². The summed E-state index contributed by atoms with van der Waals surface area (Å²) in [5, 5.41) is 13.2. The van der Waals surface area contributed by atoms with E-state index in [2.05, 4.69) is 4.57 Å². The Balaban J connectivity index is 1.67. The molecule has 0 atom stereocenters. The molecule has 4 aromatic rings. The van der Waals surface area contributed by atoms with E-state index in [0.717, 1.165) is 53.1 Å². The van der Waals surface area contributed by atoms with E-state index in [4.69, 9.17) is 4.99 Å². The Bertz CT molecular complexity index is 1490. The summed E-state index contributed by atoms with van der Waals surface area (Å²) in [7, 11) is 1.87. The van der Waals surface area contributed by atoms with Crippen LogP contribution in [0.25, 0.3) is 16.9 Å². The zero-order valence-electron chi connectivity index (χ0n) is 19.8. The van der Waals surface area contributed by atoms with E-state index in [-0.39, 0.29) is 22.2 Å². The second-order valence-electron chi connectivity index (χ2n) is 8.89. The van der Waals surface area contributed by atoms with Crippen molar-refractivity contribution in [3.05, 3.63) is 90.9 Å². The van der Waals surface area contributed by atoms with Crippen molar-refractivity contribution in [2.75, 3.05) is 0 Å². The molecule has 5 rings (SSSR count). The number of para-hydroxylation sites is 1. The Labute approximate surface area is 206 Å². The Kier molecular flexibility index (Phi) is 6.25. The van der Waals surface area contributed by atoms with Gasteiger partial charge in [-0.05, 0) is 49.6 Å². The third-order valence-electron chi connectivity index (χ3n) is 6.79. The molecule has 0 N–H and O–H groups in total. The van der Waals surface area contributed by atoms with Crippen molar-refractivity contribution in [1.82, 2.24) is 13.9 Å². The molecular formula is C26H27N5O3S. The van der Waals surface area contributed by atoms with Crippen molar-refractivity contribution in [2.45, 2.75) is 45.1 Å². The van der Waals surface area contributed by atoms with Crippen LogP contribution in [-0.4, -0.2) is 18.9 Å². The highest BCUT2D eigenvalue weighted by Crippen LogP contribution is 2.33. The molecule has 8 nitrogen and oxygen atoms in total. The topological polar surface area (TPSA) is 87.4 Å². The Morgan fingerprint density at radius 3 is 2.37 bits per heavy atom. The first-order valence-electron chi connectivity index (χ1n) is 11.8. The van der Waals surface area contributed by atoms with Crippen LogP contribution in [0.1, 0.15) is 43.8 Å². The second-order valence-corrected chi connectivity index (χ2v) is 9.73. The molecule has 9 heteroatoms. The van der Waals surface area contributed by atoms with Crippen LogP contribution in [0, 0.1) is 17.0 Å². The van der Waals surface area contributed by atoms with Crippen molar-refractivity contribution in [3.63, 3.8) is 0 Å². The van der Waals surface area contributed by atoms with Crippen molar-refractivity contribution in [1.29, 1.82) is 0 Å².